The Balaban J connectivity index is 1.41. The number of halogens is 1. The molecule has 0 fully saturated rings. The Bertz CT molecular complexity index is 902. The number of aromatic nitrogens is 1. The van der Waals surface area contributed by atoms with Crippen LogP contribution in [0.2, 0.25) is 0 Å². The van der Waals surface area contributed by atoms with Gasteiger partial charge in [0.1, 0.15) is 5.82 Å². The van der Waals surface area contributed by atoms with E-state index in [1.807, 2.05) is 6.07 Å². The van der Waals surface area contributed by atoms with Crippen molar-refractivity contribution in [2.24, 2.45) is 0 Å². The summed E-state index contributed by atoms with van der Waals surface area (Å²) < 4.78 is 15.4. The fourth-order valence-electron chi connectivity index (χ4n) is 5.97. The molecule has 0 amide bonds. The van der Waals surface area contributed by atoms with Crippen molar-refractivity contribution in [2.75, 3.05) is 0 Å². The maximum atomic E-state index is 15.4. The summed E-state index contributed by atoms with van der Waals surface area (Å²) in [7, 11) is 0. The third-order valence-electron chi connectivity index (χ3n) is 8.34. The van der Waals surface area contributed by atoms with Gasteiger partial charge in [-0.1, -0.05) is 135 Å². The van der Waals surface area contributed by atoms with Gasteiger partial charge >= 0.3 is 0 Å². The number of rotatable bonds is 20. The van der Waals surface area contributed by atoms with E-state index in [4.69, 9.17) is 4.98 Å². The molecule has 2 aromatic rings. The van der Waals surface area contributed by atoms with Gasteiger partial charge in [0.15, 0.2) is 0 Å². The molecule has 1 aromatic heterocycles. The number of benzene rings is 1. The van der Waals surface area contributed by atoms with Crippen molar-refractivity contribution < 1.29 is 4.39 Å². The van der Waals surface area contributed by atoms with Crippen molar-refractivity contribution >= 4 is 0 Å². The van der Waals surface area contributed by atoms with Crippen LogP contribution in [0.1, 0.15) is 152 Å². The van der Waals surface area contributed by atoms with Crippen LogP contribution < -0.4 is 0 Å². The van der Waals surface area contributed by atoms with Crippen molar-refractivity contribution in [1.82, 2.24) is 4.98 Å². The first-order valence-corrected chi connectivity index (χ1v) is 16.0. The summed E-state index contributed by atoms with van der Waals surface area (Å²) in [6.45, 7) is 4.55. The molecular formula is C35H54FN. The number of fused-ring (bicyclic) bond motifs is 3. The number of hydrogen-bond acceptors (Lipinski definition) is 1. The highest BCUT2D eigenvalue weighted by Gasteiger charge is 2.22. The quantitative estimate of drug-likeness (QED) is 0.162. The molecule has 3 rings (SSSR count). The predicted molar refractivity (Wildman–Crippen MR) is 159 cm³/mol. The molecule has 0 saturated carbocycles. The molecule has 1 heterocycles. The molecule has 1 aromatic carbocycles. The van der Waals surface area contributed by atoms with Crippen molar-refractivity contribution in [3.8, 4) is 11.1 Å². The van der Waals surface area contributed by atoms with Gasteiger partial charge in [-0.3, -0.25) is 4.98 Å². The minimum Gasteiger partial charge on any atom is -0.257 e. The van der Waals surface area contributed by atoms with E-state index < -0.39 is 0 Å². The lowest BCUT2D eigenvalue weighted by Gasteiger charge is -2.21. The second-order valence-corrected chi connectivity index (χ2v) is 11.5. The smallest absolute Gasteiger partial charge is 0.130 e. The van der Waals surface area contributed by atoms with Crippen LogP contribution in [0.15, 0.2) is 24.3 Å². The molecule has 0 atom stereocenters. The Morgan fingerprint density at radius 1 is 0.568 bits per heavy atom. The minimum absolute atomic E-state index is 0.0575. The molecule has 0 spiro atoms. The van der Waals surface area contributed by atoms with E-state index in [1.54, 1.807) is 0 Å². The molecule has 1 nitrogen and oxygen atoms in total. The highest BCUT2D eigenvalue weighted by molar-refractivity contribution is 5.72. The third kappa shape index (κ3) is 10.2. The van der Waals surface area contributed by atoms with Gasteiger partial charge in [-0.05, 0) is 61.3 Å². The molecule has 206 valence electrons. The van der Waals surface area contributed by atoms with Crippen molar-refractivity contribution in [1.29, 1.82) is 0 Å². The highest BCUT2D eigenvalue weighted by Crippen LogP contribution is 2.35. The zero-order valence-corrected chi connectivity index (χ0v) is 24.2. The van der Waals surface area contributed by atoms with Gasteiger partial charge in [0, 0.05) is 17.0 Å². The van der Waals surface area contributed by atoms with E-state index in [1.165, 1.54) is 121 Å². The summed E-state index contributed by atoms with van der Waals surface area (Å²) in [5, 5.41) is 0. The van der Waals surface area contributed by atoms with E-state index in [9.17, 15) is 0 Å². The summed E-state index contributed by atoms with van der Waals surface area (Å²) >= 11 is 0. The first-order chi connectivity index (χ1) is 18.2. The Hall–Kier alpha value is -1.70. The first-order valence-electron chi connectivity index (χ1n) is 16.0. The number of nitrogens with zero attached hydrogens (tertiary/aromatic N) is 1. The van der Waals surface area contributed by atoms with Crippen molar-refractivity contribution in [3.63, 3.8) is 0 Å². The summed E-state index contributed by atoms with van der Waals surface area (Å²) in [5.41, 5.74) is 6.47. The van der Waals surface area contributed by atoms with E-state index in [2.05, 4.69) is 32.0 Å². The molecule has 2 heteroatoms. The first kappa shape index (κ1) is 29.9. The lowest BCUT2D eigenvalue weighted by atomic mass is 9.86. The zero-order chi connectivity index (χ0) is 26.1. The largest absolute Gasteiger partial charge is 0.257 e. The highest BCUT2D eigenvalue weighted by atomic mass is 19.1. The number of pyridine rings is 1. The lowest BCUT2D eigenvalue weighted by molar-refractivity contribution is 0.548. The monoisotopic (exact) mass is 507 g/mol. The summed E-state index contributed by atoms with van der Waals surface area (Å²) in [6.07, 6.45) is 27.6. The number of hydrogen-bond donors (Lipinski definition) is 0. The molecular weight excluding hydrogens is 453 g/mol. The van der Waals surface area contributed by atoms with Crippen LogP contribution in [0.5, 0.6) is 0 Å². The summed E-state index contributed by atoms with van der Waals surface area (Å²) in [4.78, 5) is 5.01. The second kappa shape index (κ2) is 17.7. The lowest BCUT2D eigenvalue weighted by Crippen LogP contribution is -2.11. The van der Waals surface area contributed by atoms with Crippen molar-refractivity contribution in [3.05, 3.63) is 52.6 Å². The molecule has 0 N–H and O–H groups in total. The topological polar surface area (TPSA) is 12.9 Å². The van der Waals surface area contributed by atoms with Crippen LogP contribution in [0.3, 0.4) is 0 Å². The molecule has 0 bridgehead atoms. The van der Waals surface area contributed by atoms with E-state index >= 15 is 4.39 Å². The van der Waals surface area contributed by atoms with E-state index in [-0.39, 0.29) is 5.82 Å². The Labute approximate surface area is 228 Å². The van der Waals surface area contributed by atoms with Gasteiger partial charge in [-0.2, -0.15) is 0 Å². The normalized spacial score (nSPS) is 12.5. The second-order valence-electron chi connectivity index (χ2n) is 11.5. The molecule has 0 saturated heterocycles. The van der Waals surface area contributed by atoms with Gasteiger partial charge in [0.05, 0.1) is 0 Å². The fraction of sp³-hybridized carbons (Fsp3) is 0.686. The summed E-state index contributed by atoms with van der Waals surface area (Å²) in [5.74, 6) is 0.0575. The SMILES string of the molecule is CCCCCCCCCCCCc1ccc2c(c1F)CCc1nc(CCCCCCCCCC)ccc1-2. The van der Waals surface area contributed by atoms with Crippen LogP contribution in [0.25, 0.3) is 11.1 Å². The van der Waals surface area contributed by atoms with Gasteiger partial charge in [-0.25, -0.2) is 4.39 Å². The molecule has 37 heavy (non-hydrogen) atoms. The van der Waals surface area contributed by atoms with Crippen LogP contribution in [0.4, 0.5) is 4.39 Å². The Morgan fingerprint density at radius 3 is 1.68 bits per heavy atom. The third-order valence-corrected chi connectivity index (χ3v) is 8.34. The van der Waals surface area contributed by atoms with Gasteiger partial charge < -0.3 is 0 Å². The molecule has 0 radical (unpaired) electrons. The number of unbranched alkanes of at least 4 members (excludes halogenated alkanes) is 16. The van der Waals surface area contributed by atoms with Gasteiger partial charge in [0.25, 0.3) is 0 Å². The van der Waals surface area contributed by atoms with E-state index in [0.29, 0.717) is 0 Å². The molecule has 1 aliphatic carbocycles. The van der Waals surface area contributed by atoms with E-state index in [0.717, 1.165) is 54.4 Å². The standard InChI is InChI=1S/C35H54FN/c1-3-5-7-9-11-13-14-15-17-19-21-29-23-25-31-32-26-24-30(22-20-18-16-12-10-8-6-4-2)37-34(32)28-27-33(31)35(29)36/h23-26H,3-22,27-28H2,1-2H3. The van der Waals surface area contributed by atoms with Crippen LogP contribution >= 0.6 is 0 Å². The minimum atomic E-state index is 0.0575. The average Bonchev–Trinajstić information content (AvgIpc) is 2.92. The van der Waals surface area contributed by atoms with Gasteiger partial charge in [-0.15, -0.1) is 0 Å². The molecule has 0 unspecified atom stereocenters. The van der Waals surface area contributed by atoms with Crippen LogP contribution in [0, 0.1) is 5.82 Å². The predicted octanol–water partition coefficient (Wildman–Crippen LogP) is 11.1. The van der Waals surface area contributed by atoms with Gasteiger partial charge in [0.2, 0.25) is 0 Å². The summed E-state index contributed by atoms with van der Waals surface area (Å²) in [6, 6.07) is 8.61. The maximum absolute atomic E-state index is 15.4. The molecule has 1 aliphatic rings. The average molecular weight is 508 g/mol. The number of aryl methyl sites for hydroxylation is 3. The van der Waals surface area contributed by atoms with Crippen molar-refractivity contribution in [2.45, 2.75) is 155 Å². The van der Waals surface area contributed by atoms with Crippen LogP contribution in [-0.4, -0.2) is 4.98 Å². The Morgan fingerprint density at radius 2 is 1.08 bits per heavy atom. The Kier molecular flexibility index (Phi) is 14.3. The molecule has 0 aliphatic heterocycles. The van der Waals surface area contributed by atoms with Crippen LogP contribution in [-0.2, 0) is 25.7 Å². The zero-order valence-electron chi connectivity index (χ0n) is 24.2. The maximum Gasteiger partial charge on any atom is 0.130 e. The fourth-order valence-corrected chi connectivity index (χ4v) is 5.97.